The Balaban J connectivity index is 2.64. The Bertz CT molecular complexity index is 561. The van der Waals surface area contributed by atoms with Crippen molar-refractivity contribution in [3.05, 3.63) is 45.4 Å². The molecule has 0 saturated heterocycles. The monoisotopic (exact) mass is 303 g/mol. The summed E-state index contributed by atoms with van der Waals surface area (Å²) in [6.45, 7) is 0. The van der Waals surface area contributed by atoms with Gasteiger partial charge >= 0.3 is 0 Å². The Kier molecular flexibility index (Phi) is 3.79. The van der Waals surface area contributed by atoms with Gasteiger partial charge in [-0.3, -0.25) is 0 Å². The van der Waals surface area contributed by atoms with Gasteiger partial charge < -0.3 is 5.73 Å². The SMILES string of the molecule is Nc1ccc(-c2c(Cl)cc(Cl)cc2Cl)cc1S. The van der Waals surface area contributed by atoms with E-state index in [1.807, 2.05) is 12.1 Å². The van der Waals surface area contributed by atoms with Crippen LogP contribution >= 0.6 is 47.4 Å². The molecule has 0 bridgehead atoms. The number of hydrogen-bond donors (Lipinski definition) is 2. The largest absolute Gasteiger partial charge is 0.398 e. The van der Waals surface area contributed by atoms with Gasteiger partial charge in [-0.2, -0.15) is 0 Å². The van der Waals surface area contributed by atoms with Crippen molar-refractivity contribution in [2.45, 2.75) is 4.90 Å². The minimum absolute atomic E-state index is 0.500. The number of anilines is 1. The molecule has 0 radical (unpaired) electrons. The highest BCUT2D eigenvalue weighted by Crippen LogP contribution is 2.38. The molecular formula is C12H8Cl3NS. The molecule has 1 nitrogen and oxygen atoms in total. The summed E-state index contributed by atoms with van der Waals surface area (Å²) in [5, 5.41) is 1.50. The predicted molar refractivity (Wildman–Crippen MR) is 78.6 cm³/mol. The first-order valence-electron chi connectivity index (χ1n) is 4.72. The van der Waals surface area contributed by atoms with Crippen LogP contribution in [0.1, 0.15) is 0 Å². The summed E-state index contributed by atoms with van der Waals surface area (Å²) < 4.78 is 0. The van der Waals surface area contributed by atoms with Crippen LogP contribution in [0.2, 0.25) is 15.1 Å². The van der Waals surface area contributed by atoms with Crippen molar-refractivity contribution in [1.82, 2.24) is 0 Å². The average Bonchev–Trinajstić information content (AvgIpc) is 2.21. The number of halogens is 3. The van der Waals surface area contributed by atoms with Crippen LogP contribution in [0.15, 0.2) is 35.2 Å². The Morgan fingerprint density at radius 1 is 0.941 bits per heavy atom. The van der Waals surface area contributed by atoms with Gasteiger partial charge in [-0.15, -0.1) is 12.6 Å². The normalized spacial score (nSPS) is 10.6. The second kappa shape index (κ2) is 4.99. The summed E-state index contributed by atoms with van der Waals surface area (Å²) in [7, 11) is 0. The third kappa shape index (κ3) is 2.66. The number of nitrogen functional groups attached to an aromatic ring is 1. The first kappa shape index (κ1) is 12.9. The Labute approximate surface area is 120 Å². The summed E-state index contributed by atoms with van der Waals surface area (Å²) in [4.78, 5) is 0.685. The van der Waals surface area contributed by atoms with Crippen molar-refractivity contribution >= 4 is 53.1 Å². The molecule has 2 rings (SSSR count). The highest BCUT2D eigenvalue weighted by atomic mass is 35.5. The summed E-state index contributed by atoms with van der Waals surface area (Å²) in [5.41, 5.74) is 7.90. The molecular weight excluding hydrogens is 297 g/mol. The van der Waals surface area contributed by atoms with E-state index in [2.05, 4.69) is 12.6 Å². The fourth-order valence-electron chi connectivity index (χ4n) is 1.52. The zero-order valence-electron chi connectivity index (χ0n) is 8.55. The molecule has 5 heteroatoms. The van der Waals surface area contributed by atoms with Crippen molar-refractivity contribution in [2.24, 2.45) is 0 Å². The van der Waals surface area contributed by atoms with Gasteiger partial charge in [0.25, 0.3) is 0 Å². The lowest BCUT2D eigenvalue weighted by Gasteiger charge is -2.09. The van der Waals surface area contributed by atoms with E-state index in [9.17, 15) is 0 Å². The van der Waals surface area contributed by atoms with Gasteiger partial charge in [0.2, 0.25) is 0 Å². The molecule has 2 N–H and O–H groups in total. The van der Waals surface area contributed by atoms with Crippen LogP contribution in [-0.4, -0.2) is 0 Å². The van der Waals surface area contributed by atoms with E-state index in [1.54, 1.807) is 18.2 Å². The van der Waals surface area contributed by atoms with E-state index < -0.39 is 0 Å². The lowest BCUT2D eigenvalue weighted by atomic mass is 10.1. The molecule has 88 valence electrons. The quantitative estimate of drug-likeness (QED) is 0.550. The van der Waals surface area contributed by atoms with Gasteiger partial charge in [0.05, 0.1) is 10.0 Å². The van der Waals surface area contributed by atoms with Crippen molar-refractivity contribution in [3.63, 3.8) is 0 Å². The van der Waals surface area contributed by atoms with Gasteiger partial charge in [-0.25, -0.2) is 0 Å². The molecule has 0 spiro atoms. The second-order valence-corrected chi connectivity index (χ2v) is 5.25. The number of benzene rings is 2. The minimum Gasteiger partial charge on any atom is -0.398 e. The minimum atomic E-state index is 0.500. The molecule has 0 amide bonds. The maximum Gasteiger partial charge on any atom is 0.0514 e. The van der Waals surface area contributed by atoms with E-state index in [4.69, 9.17) is 40.5 Å². The third-order valence-electron chi connectivity index (χ3n) is 2.33. The molecule has 0 aliphatic heterocycles. The zero-order chi connectivity index (χ0) is 12.6. The summed E-state index contributed by atoms with van der Waals surface area (Å²) in [6.07, 6.45) is 0. The maximum absolute atomic E-state index is 6.14. The van der Waals surface area contributed by atoms with Crippen LogP contribution < -0.4 is 5.73 Å². The highest BCUT2D eigenvalue weighted by molar-refractivity contribution is 7.80. The number of thiol groups is 1. The molecule has 0 aliphatic carbocycles. The molecule has 0 heterocycles. The molecule has 0 unspecified atom stereocenters. The molecule has 0 aromatic heterocycles. The van der Waals surface area contributed by atoms with Crippen LogP contribution in [0.25, 0.3) is 11.1 Å². The van der Waals surface area contributed by atoms with E-state index in [-0.39, 0.29) is 0 Å². The first-order valence-corrected chi connectivity index (χ1v) is 6.30. The van der Waals surface area contributed by atoms with E-state index in [0.29, 0.717) is 25.7 Å². The number of nitrogens with two attached hydrogens (primary N) is 1. The van der Waals surface area contributed by atoms with Gasteiger partial charge in [-0.05, 0) is 29.8 Å². The van der Waals surface area contributed by atoms with Gasteiger partial charge in [0.1, 0.15) is 0 Å². The van der Waals surface area contributed by atoms with Gasteiger partial charge in [-0.1, -0.05) is 40.9 Å². The average molecular weight is 305 g/mol. The lowest BCUT2D eigenvalue weighted by molar-refractivity contribution is 1.46. The lowest BCUT2D eigenvalue weighted by Crippen LogP contribution is -1.88. The standard InChI is InChI=1S/C12H8Cl3NS/c13-7-4-8(14)12(9(15)5-7)6-1-2-10(16)11(17)3-6/h1-5,17H,16H2. The van der Waals surface area contributed by atoms with E-state index in [1.165, 1.54) is 0 Å². The van der Waals surface area contributed by atoms with E-state index >= 15 is 0 Å². The molecule has 0 saturated carbocycles. The number of rotatable bonds is 1. The topological polar surface area (TPSA) is 26.0 Å². The van der Waals surface area contributed by atoms with Crippen molar-refractivity contribution in [3.8, 4) is 11.1 Å². The molecule has 0 fully saturated rings. The van der Waals surface area contributed by atoms with Crippen molar-refractivity contribution in [1.29, 1.82) is 0 Å². The Hall–Kier alpha value is -0.540. The number of hydrogen-bond acceptors (Lipinski definition) is 2. The second-order valence-electron chi connectivity index (χ2n) is 3.52. The van der Waals surface area contributed by atoms with Crippen molar-refractivity contribution in [2.75, 3.05) is 5.73 Å². The third-order valence-corrected chi connectivity index (χ3v) is 3.53. The van der Waals surface area contributed by atoms with Crippen LogP contribution in [-0.2, 0) is 0 Å². The van der Waals surface area contributed by atoms with Crippen LogP contribution in [0.4, 0.5) is 5.69 Å². The fourth-order valence-corrected chi connectivity index (χ4v) is 2.77. The molecule has 0 aliphatic rings. The highest BCUT2D eigenvalue weighted by Gasteiger charge is 2.11. The Morgan fingerprint density at radius 2 is 1.53 bits per heavy atom. The van der Waals surface area contributed by atoms with Gasteiger partial charge in [0.15, 0.2) is 0 Å². The molecule has 2 aromatic carbocycles. The Morgan fingerprint density at radius 3 is 2.06 bits per heavy atom. The molecule has 0 atom stereocenters. The van der Waals surface area contributed by atoms with Crippen LogP contribution in [0.3, 0.4) is 0 Å². The summed E-state index contributed by atoms with van der Waals surface area (Å²) in [5.74, 6) is 0. The van der Waals surface area contributed by atoms with Gasteiger partial charge in [0, 0.05) is 21.2 Å². The van der Waals surface area contributed by atoms with E-state index in [0.717, 1.165) is 11.1 Å². The molecule has 17 heavy (non-hydrogen) atoms. The van der Waals surface area contributed by atoms with Crippen LogP contribution in [0.5, 0.6) is 0 Å². The zero-order valence-corrected chi connectivity index (χ0v) is 11.7. The van der Waals surface area contributed by atoms with Crippen LogP contribution in [0, 0.1) is 0 Å². The smallest absolute Gasteiger partial charge is 0.0514 e. The molecule has 2 aromatic rings. The maximum atomic E-state index is 6.14. The predicted octanol–water partition coefficient (Wildman–Crippen LogP) is 5.18. The fraction of sp³-hybridized carbons (Fsp3) is 0. The first-order chi connectivity index (χ1) is 7.99. The summed E-state index contributed by atoms with van der Waals surface area (Å²) in [6, 6.07) is 8.73. The summed E-state index contributed by atoms with van der Waals surface area (Å²) >= 11 is 22.4. The van der Waals surface area contributed by atoms with Crippen molar-refractivity contribution < 1.29 is 0 Å².